The predicted molar refractivity (Wildman–Crippen MR) is 240 cm³/mol. The summed E-state index contributed by atoms with van der Waals surface area (Å²) in [7, 11) is 0. The number of nitrogen functional groups attached to an aromatic ring is 1. The van der Waals surface area contributed by atoms with Gasteiger partial charge in [0.1, 0.15) is 52.4 Å². The highest BCUT2D eigenvalue weighted by Gasteiger charge is 2.71. The number of aryl methyl sites for hydroxylation is 1. The second-order valence-electron chi connectivity index (χ2n) is 16.9. The Labute approximate surface area is 377 Å². The minimum absolute atomic E-state index is 0.0292. The lowest BCUT2D eigenvalue weighted by Gasteiger charge is -2.58. The molecule has 0 unspecified atom stereocenters. The molecule has 0 amide bonds. The summed E-state index contributed by atoms with van der Waals surface area (Å²) in [5.74, 6) is -3.05. The molecule has 4 aromatic carbocycles. The number of benzene rings is 4. The lowest BCUT2D eigenvalue weighted by molar-refractivity contribution is -0.344. The molecule has 0 saturated carbocycles. The third kappa shape index (κ3) is 8.32. The molecule has 4 heterocycles. The van der Waals surface area contributed by atoms with Gasteiger partial charge in [0.2, 0.25) is 12.0 Å². The molecule has 11 N–H and O–H groups in total. The summed E-state index contributed by atoms with van der Waals surface area (Å²) in [6.45, 7) is 2.66. The van der Waals surface area contributed by atoms with E-state index in [1.807, 2.05) is 43.3 Å². The molecule has 0 radical (unpaired) electrons. The van der Waals surface area contributed by atoms with Crippen molar-refractivity contribution < 1.29 is 58.8 Å². The molecule has 0 spiro atoms. The smallest absolute Gasteiger partial charge is 0.336 e. The molecule has 2 aliphatic heterocycles. The maximum atomic E-state index is 13.9. The molecule has 344 valence electrons. The average molecular weight is 903 g/mol. The van der Waals surface area contributed by atoms with Crippen molar-refractivity contribution in [3.8, 4) is 40.1 Å². The number of aromatic hydroxyl groups is 2. The molecule has 1 aliphatic carbocycles. The van der Waals surface area contributed by atoms with E-state index in [2.05, 4.69) is 15.6 Å². The first kappa shape index (κ1) is 44.3. The molecule has 2 aromatic heterocycles. The molecule has 2 bridgehead atoms. The fourth-order valence-electron chi connectivity index (χ4n) is 9.37. The van der Waals surface area contributed by atoms with Crippen LogP contribution >= 0.6 is 0 Å². The van der Waals surface area contributed by atoms with Crippen molar-refractivity contribution in [3.05, 3.63) is 141 Å². The topological polar surface area (TPSA) is 271 Å². The highest BCUT2D eigenvalue weighted by molar-refractivity contribution is 5.89. The van der Waals surface area contributed by atoms with Crippen LogP contribution in [0.25, 0.3) is 22.3 Å². The summed E-state index contributed by atoms with van der Waals surface area (Å²) in [5, 5.41) is 76.5. The summed E-state index contributed by atoms with van der Waals surface area (Å²) in [4.78, 5) is 30.1. The fourth-order valence-corrected chi connectivity index (χ4v) is 9.37. The first-order chi connectivity index (χ1) is 31.7. The van der Waals surface area contributed by atoms with Gasteiger partial charge in [-0.15, -0.1) is 0 Å². The summed E-state index contributed by atoms with van der Waals surface area (Å²) in [5.41, 5.74) is 3.58. The minimum Gasteiger partial charge on any atom is -0.508 e. The van der Waals surface area contributed by atoms with E-state index in [-0.39, 0.29) is 41.3 Å². The van der Waals surface area contributed by atoms with E-state index in [0.717, 1.165) is 16.8 Å². The first-order valence-corrected chi connectivity index (χ1v) is 21.6. The lowest BCUT2D eigenvalue weighted by atomic mass is 9.59. The fraction of sp³-hybridized carbons (Fsp3) is 0.306. The van der Waals surface area contributed by atoms with E-state index >= 15 is 0 Å². The van der Waals surface area contributed by atoms with Crippen LogP contribution in [-0.2, 0) is 35.4 Å². The third-order valence-corrected chi connectivity index (χ3v) is 12.5. The normalized spacial score (nSPS) is 24.8. The zero-order valence-electron chi connectivity index (χ0n) is 35.8. The van der Waals surface area contributed by atoms with Crippen LogP contribution in [0.5, 0.6) is 28.7 Å². The number of phenolic OH excluding ortho intramolecular Hbond substituents is 2. The number of carbonyl (C=O) groups is 1. The summed E-state index contributed by atoms with van der Waals surface area (Å²) >= 11 is 0. The van der Waals surface area contributed by atoms with Gasteiger partial charge in [0.15, 0.2) is 28.6 Å². The van der Waals surface area contributed by atoms with Crippen molar-refractivity contribution in [1.82, 2.24) is 15.6 Å². The van der Waals surface area contributed by atoms with Crippen LogP contribution in [-0.4, -0.2) is 97.2 Å². The number of fused-ring (bicyclic) bond motifs is 3. The molecular weight excluding hydrogens is 853 g/mol. The van der Waals surface area contributed by atoms with Crippen LogP contribution in [0, 0.1) is 5.92 Å². The maximum absolute atomic E-state index is 13.9. The molecule has 17 heteroatoms. The summed E-state index contributed by atoms with van der Waals surface area (Å²) in [6.07, 6.45) is -3.75. The molecule has 7 atom stereocenters. The third-order valence-electron chi connectivity index (χ3n) is 12.5. The van der Waals surface area contributed by atoms with Gasteiger partial charge in [0.25, 0.3) is 0 Å². The van der Waals surface area contributed by atoms with E-state index in [9.17, 15) is 40.2 Å². The number of aromatic amines is 1. The number of aliphatic hydroxyl groups excluding tert-OH is 1. The number of H-pyrrole nitrogens is 1. The Morgan fingerprint density at radius 3 is 2.41 bits per heavy atom. The number of nitrogens with one attached hydrogen (secondary N) is 3. The van der Waals surface area contributed by atoms with E-state index in [1.165, 1.54) is 24.3 Å². The zero-order chi connectivity index (χ0) is 46.3. The van der Waals surface area contributed by atoms with Crippen LogP contribution in [0.2, 0.25) is 0 Å². The average Bonchev–Trinajstić information content (AvgIpc) is 3.98. The molecular formula is C49H50N4O13. The van der Waals surface area contributed by atoms with Crippen LogP contribution in [0.1, 0.15) is 29.3 Å². The summed E-state index contributed by atoms with van der Waals surface area (Å²) in [6, 6.07) is 26.3. The number of aliphatic carboxylic acids is 1. The minimum atomic E-state index is -2.61. The Bertz CT molecular complexity index is 2840. The van der Waals surface area contributed by atoms with Crippen LogP contribution in [0.3, 0.4) is 0 Å². The lowest BCUT2D eigenvalue weighted by Crippen LogP contribution is -2.79. The van der Waals surface area contributed by atoms with Crippen molar-refractivity contribution in [3.63, 3.8) is 0 Å². The first-order valence-electron chi connectivity index (χ1n) is 21.6. The Balaban J connectivity index is 1.12. The van der Waals surface area contributed by atoms with Gasteiger partial charge < -0.3 is 70.0 Å². The summed E-state index contributed by atoms with van der Waals surface area (Å²) < 4.78 is 30.7. The van der Waals surface area contributed by atoms with E-state index in [1.54, 1.807) is 42.5 Å². The van der Waals surface area contributed by atoms with Crippen molar-refractivity contribution in [2.75, 3.05) is 25.6 Å². The van der Waals surface area contributed by atoms with Crippen molar-refractivity contribution in [1.29, 1.82) is 0 Å². The molecule has 17 nitrogen and oxygen atoms in total. The molecule has 3 aliphatic rings. The highest BCUT2D eigenvalue weighted by atomic mass is 16.7. The number of carboxylic acid groups (broad SMARTS) is 1. The van der Waals surface area contributed by atoms with Gasteiger partial charge in [-0.25, -0.2) is 4.79 Å². The Morgan fingerprint density at radius 2 is 1.71 bits per heavy atom. The molecule has 66 heavy (non-hydrogen) atoms. The molecule has 2 saturated heterocycles. The standard InChI is InChI=1S/C49H50N4O13/c1-2-26-16-28(19-32(54)18-26)24-63-43-38(21-37-40(42(43)56)35(55)20-36(64-37)29-8-11-33(12-9-29)62-15-14-31-10-13-39(50)53-31)65-47-48(60)22-30(17-27-6-4-3-5-7-27)41(34-23-51-25-52-34)49(61,46(48)59)44(66-47)45(57)58/h3-13,16,18-22,34,41,44,46-47,51-54,56,59-61H,2,14-15,17,23-25,50H2,1H3,(H,57,58)/t34-,41-,44-,46+,47-,48-,49-/m1/s1. The maximum Gasteiger partial charge on any atom is 0.336 e. The van der Waals surface area contributed by atoms with Gasteiger partial charge >= 0.3 is 5.97 Å². The van der Waals surface area contributed by atoms with Gasteiger partial charge in [-0.2, -0.15) is 0 Å². The Kier molecular flexibility index (Phi) is 12.0. The SMILES string of the molecule is CCc1cc(O)cc(COc2c(O[C@@H]3O[C@H](C(=O)O)[C@]4(O)[C@@H]([C@H]5CNCN5)C(Cc5ccccc5)=C[C@@]3(O)[C@@H]4O)cc3oc(-c4ccc(OCCc5ccc(N)[nH]5)cc4)cc(=O)c3c2O)c1. The molecule has 9 rings (SSSR count). The van der Waals surface area contributed by atoms with Gasteiger partial charge in [-0.3, -0.25) is 10.1 Å². The largest absolute Gasteiger partial charge is 0.508 e. The molecule has 2 fully saturated rings. The van der Waals surface area contributed by atoms with Crippen molar-refractivity contribution >= 4 is 22.8 Å². The van der Waals surface area contributed by atoms with Gasteiger partial charge in [0, 0.05) is 55.0 Å². The quantitative estimate of drug-likeness (QED) is 0.0656. The van der Waals surface area contributed by atoms with Crippen LogP contribution < -0.4 is 36.0 Å². The number of hydrogen-bond acceptors (Lipinski definition) is 15. The highest BCUT2D eigenvalue weighted by Crippen LogP contribution is 2.52. The van der Waals surface area contributed by atoms with Crippen LogP contribution in [0.4, 0.5) is 5.82 Å². The van der Waals surface area contributed by atoms with Gasteiger partial charge in [-0.05, 0) is 84.1 Å². The molecule has 6 aromatic rings. The second kappa shape index (κ2) is 17.8. The number of rotatable bonds is 15. The number of aliphatic hydroxyl groups is 3. The van der Waals surface area contributed by atoms with E-state index in [0.29, 0.717) is 60.9 Å². The predicted octanol–water partition coefficient (Wildman–Crippen LogP) is 3.87. The van der Waals surface area contributed by atoms with E-state index < -0.39 is 64.6 Å². The number of anilines is 1. The number of nitrogens with two attached hydrogens (primary N) is 1. The van der Waals surface area contributed by atoms with Gasteiger partial charge in [-0.1, -0.05) is 48.9 Å². The number of hydrogen-bond donors (Lipinski definition) is 10. The Hall–Kier alpha value is -6.86. The Morgan fingerprint density at radius 1 is 0.939 bits per heavy atom. The second-order valence-corrected chi connectivity index (χ2v) is 16.9. The number of aromatic nitrogens is 1. The number of phenols is 2. The van der Waals surface area contributed by atoms with Gasteiger partial charge in [0.05, 0.1) is 6.61 Å². The zero-order valence-corrected chi connectivity index (χ0v) is 35.8. The number of ether oxygens (including phenoxy) is 4. The number of carboxylic acids is 1. The van der Waals surface area contributed by atoms with Crippen molar-refractivity contribution in [2.24, 2.45) is 5.92 Å². The monoisotopic (exact) mass is 902 g/mol. The van der Waals surface area contributed by atoms with E-state index in [4.69, 9.17) is 29.1 Å². The van der Waals surface area contributed by atoms with Crippen molar-refractivity contribution in [2.45, 2.75) is 68.5 Å². The van der Waals surface area contributed by atoms with Crippen LogP contribution in [0.15, 0.2) is 118 Å².